The van der Waals surface area contributed by atoms with Crippen molar-refractivity contribution in [2.45, 2.75) is 13.1 Å². The van der Waals surface area contributed by atoms with Crippen LogP contribution in [0.2, 0.25) is 0 Å². The van der Waals surface area contributed by atoms with Crippen LogP contribution in [-0.2, 0) is 13.1 Å². The molecule has 0 spiro atoms. The first kappa shape index (κ1) is 15.8. The van der Waals surface area contributed by atoms with E-state index < -0.39 is 0 Å². The Morgan fingerprint density at radius 2 is 1.22 bits per heavy atom. The van der Waals surface area contributed by atoms with E-state index in [1.807, 2.05) is 24.3 Å². The van der Waals surface area contributed by atoms with Crippen LogP contribution >= 0.6 is 0 Å². The third-order valence-electron chi connectivity index (χ3n) is 4.42. The maximum Gasteiger partial charge on any atom is 0.118 e. The molecule has 1 aliphatic heterocycles. The molecule has 1 fully saturated rings. The second kappa shape index (κ2) is 7.49. The van der Waals surface area contributed by atoms with Crippen molar-refractivity contribution in [3.05, 3.63) is 59.7 Å². The molecule has 3 rings (SSSR count). The number of piperazine rings is 1. The summed E-state index contributed by atoms with van der Waals surface area (Å²) >= 11 is 0. The molecule has 2 N–H and O–H groups in total. The van der Waals surface area contributed by atoms with Crippen molar-refractivity contribution < 1.29 is 4.74 Å². The monoisotopic (exact) mass is 311 g/mol. The van der Waals surface area contributed by atoms with Crippen LogP contribution < -0.4 is 10.5 Å². The lowest BCUT2D eigenvalue weighted by Gasteiger charge is -2.34. The minimum absolute atomic E-state index is 0.832. The molecule has 1 aliphatic rings. The fraction of sp³-hybridized carbons (Fsp3) is 0.368. The molecule has 0 unspecified atom stereocenters. The van der Waals surface area contributed by atoms with Crippen LogP contribution in [0, 0.1) is 0 Å². The van der Waals surface area contributed by atoms with Crippen LogP contribution in [0.1, 0.15) is 11.1 Å². The van der Waals surface area contributed by atoms with E-state index in [1.165, 1.54) is 11.1 Å². The molecule has 0 atom stereocenters. The van der Waals surface area contributed by atoms with Gasteiger partial charge in [-0.05, 0) is 35.4 Å². The third kappa shape index (κ3) is 4.47. The van der Waals surface area contributed by atoms with E-state index in [1.54, 1.807) is 7.11 Å². The van der Waals surface area contributed by atoms with Crippen molar-refractivity contribution in [1.29, 1.82) is 0 Å². The number of rotatable bonds is 5. The summed E-state index contributed by atoms with van der Waals surface area (Å²) in [6, 6.07) is 16.6. The zero-order valence-electron chi connectivity index (χ0n) is 13.7. The SMILES string of the molecule is COc1ccc(CN2CCN(Cc3ccc(N)cc3)CC2)cc1. The molecule has 0 aliphatic carbocycles. The lowest BCUT2D eigenvalue weighted by molar-refractivity contribution is 0.122. The summed E-state index contributed by atoms with van der Waals surface area (Å²) in [6.07, 6.45) is 0. The van der Waals surface area contributed by atoms with Crippen LogP contribution in [0.5, 0.6) is 5.75 Å². The fourth-order valence-electron chi connectivity index (χ4n) is 2.98. The third-order valence-corrected chi connectivity index (χ3v) is 4.42. The minimum Gasteiger partial charge on any atom is -0.497 e. The average molecular weight is 311 g/mol. The predicted octanol–water partition coefficient (Wildman–Crippen LogP) is 2.60. The van der Waals surface area contributed by atoms with Gasteiger partial charge in [-0.25, -0.2) is 0 Å². The molecule has 0 saturated carbocycles. The molecule has 2 aromatic rings. The number of benzene rings is 2. The maximum atomic E-state index is 5.74. The highest BCUT2D eigenvalue weighted by Crippen LogP contribution is 2.15. The average Bonchev–Trinajstić information content (AvgIpc) is 2.59. The van der Waals surface area contributed by atoms with Crippen molar-refractivity contribution in [1.82, 2.24) is 9.80 Å². The lowest BCUT2D eigenvalue weighted by atomic mass is 10.1. The van der Waals surface area contributed by atoms with E-state index in [0.29, 0.717) is 0 Å². The molecule has 4 nitrogen and oxygen atoms in total. The summed E-state index contributed by atoms with van der Waals surface area (Å²) in [5, 5.41) is 0. The second-order valence-electron chi connectivity index (χ2n) is 6.14. The van der Waals surface area contributed by atoms with E-state index in [0.717, 1.165) is 50.7 Å². The zero-order chi connectivity index (χ0) is 16.1. The van der Waals surface area contributed by atoms with Gasteiger partial charge in [-0.15, -0.1) is 0 Å². The van der Waals surface area contributed by atoms with E-state index in [2.05, 4.69) is 34.1 Å². The van der Waals surface area contributed by atoms with Crippen LogP contribution in [0.3, 0.4) is 0 Å². The molecule has 23 heavy (non-hydrogen) atoms. The van der Waals surface area contributed by atoms with Crippen molar-refractivity contribution in [3.8, 4) is 5.75 Å². The molecule has 1 saturated heterocycles. The van der Waals surface area contributed by atoms with Crippen LogP contribution in [-0.4, -0.2) is 43.1 Å². The van der Waals surface area contributed by atoms with Crippen LogP contribution in [0.4, 0.5) is 5.69 Å². The van der Waals surface area contributed by atoms with E-state index in [-0.39, 0.29) is 0 Å². The summed E-state index contributed by atoms with van der Waals surface area (Å²) in [4.78, 5) is 5.03. The molecule has 0 aromatic heterocycles. The first-order valence-electron chi connectivity index (χ1n) is 8.15. The normalized spacial score (nSPS) is 16.4. The van der Waals surface area contributed by atoms with Crippen molar-refractivity contribution >= 4 is 5.69 Å². The van der Waals surface area contributed by atoms with Gasteiger partial charge in [-0.2, -0.15) is 0 Å². The summed E-state index contributed by atoms with van der Waals surface area (Å²) in [5.74, 6) is 0.919. The summed E-state index contributed by atoms with van der Waals surface area (Å²) in [5.41, 5.74) is 9.25. The number of nitrogens with zero attached hydrogens (tertiary/aromatic N) is 2. The molecule has 0 bridgehead atoms. The summed E-state index contributed by atoms with van der Waals surface area (Å²) in [6.45, 7) is 6.47. The van der Waals surface area contributed by atoms with Crippen molar-refractivity contribution in [3.63, 3.8) is 0 Å². The topological polar surface area (TPSA) is 41.7 Å². The highest BCUT2D eigenvalue weighted by atomic mass is 16.5. The van der Waals surface area contributed by atoms with Crippen molar-refractivity contribution in [2.24, 2.45) is 0 Å². The first-order valence-corrected chi connectivity index (χ1v) is 8.15. The number of ether oxygens (including phenoxy) is 1. The smallest absolute Gasteiger partial charge is 0.118 e. The highest BCUT2D eigenvalue weighted by molar-refractivity contribution is 5.39. The van der Waals surface area contributed by atoms with E-state index in [4.69, 9.17) is 10.5 Å². The van der Waals surface area contributed by atoms with Crippen molar-refractivity contribution in [2.75, 3.05) is 39.0 Å². The van der Waals surface area contributed by atoms with Gasteiger partial charge in [0.2, 0.25) is 0 Å². The van der Waals surface area contributed by atoms with E-state index >= 15 is 0 Å². The van der Waals surface area contributed by atoms with Gasteiger partial charge >= 0.3 is 0 Å². The number of nitrogens with two attached hydrogens (primary N) is 1. The maximum absolute atomic E-state index is 5.74. The molecule has 0 amide bonds. The van der Waals surface area contributed by atoms with Gasteiger partial charge in [0, 0.05) is 45.0 Å². The Labute approximate surface area is 138 Å². The summed E-state index contributed by atoms with van der Waals surface area (Å²) < 4.78 is 5.21. The molecule has 4 heteroatoms. The Kier molecular flexibility index (Phi) is 5.16. The van der Waals surface area contributed by atoms with Gasteiger partial charge < -0.3 is 10.5 Å². The quantitative estimate of drug-likeness (QED) is 0.862. The van der Waals surface area contributed by atoms with Gasteiger partial charge in [-0.3, -0.25) is 9.80 Å². The van der Waals surface area contributed by atoms with Crippen LogP contribution in [0.15, 0.2) is 48.5 Å². The Morgan fingerprint density at radius 3 is 1.65 bits per heavy atom. The van der Waals surface area contributed by atoms with Crippen LogP contribution in [0.25, 0.3) is 0 Å². The molecular weight excluding hydrogens is 286 g/mol. The lowest BCUT2D eigenvalue weighted by Crippen LogP contribution is -2.45. The molecule has 122 valence electrons. The Hall–Kier alpha value is -2.04. The van der Waals surface area contributed by atoms with Gasteiger partial charge in [0.05, 0.1) is 7.11 Å². The largest absolute Gasteiger partial charge is 0.497 e. The van der Waals surface area contributed by atoms with Gasteiger partial charge in [0.25, 0.3) is 0 Å². The molecule has 2 aromatic carbocycles. The number of anilines is 1. The predicted molar refractivity (Wildman–Crippen MR) is 94.4 cm³/mol. The highest BCUT2D eigenvalue weighted by Gasteiger charge is 2.17. The number of hydrogen-bond acceptors (Lipinski definition) is 4. The molecule has 1 heterocycles. The number of hydrogen-bond donors (Lipinski definition) is 1. The number of nitrogen functional groups attached to an aromatic ring is 1. The fourth-order valence-corrected chi connectivity index (χ4v) is 2.98. The van der Waals surface area contributed by atoms with Gasteiger partial charge in [-0.1, -0.05) is 24.3 Å². The van der Waals surface area contributed by atoms with E-state index in [9.17, 15) is 0 Å². The zero-order valence-corrected chi connectivity index (χ0v) is 13.7. The Morgan fingerprint density at radius 1 is 0.783 bits per heavy atom. The Bertz CT molecular complexity index is 602. The minimum atomic E-state index is 0.832. The second-order valence-corrected chi connectivity index (χ2v) is 6.14. The first-order chi connectivity index (χ1) is 11.2. The Balaban J connectivity index is 1.47. The molecule has 0 radical (unpaired) electrons. The molecular formula is C19H25N3O. The number of methoxy groups -OCH3 is 1. The standard InChI is InChI=1S/C19H25N3O/c1-23-19-8-4-17(5-9-19)15-22-12-10-21(11-13-22)14-16-2-6-18(20)7-3-16/h2-9H,10-15,20H2,1H3. The summed E-state index contributed by atoms with van der Waals surface area (Å²) in [7, 11) is 1.70. The van der Waals surface area contributed by atoms with Gasteiger partial charge in [0.15, 0.2) is 0 Å². The van der Waals surface area contributed by atoms with Gasteiger partial charge in [0.1, 0.15) is 5.75 Å².